The van der Waals surface area contributed by atoms with Crippen molar-refractivity contribution in [2.24, 2.45) is 0 Å². The number of rotatable bonds is 3. The highest BCUT2D eigenvalue weighted by atomic mass is 19.1. The topological polar surface area (TPSA) is 78.4 Å². The van der Waals surface area contributed by atoms with Crippen LogP contribution in [-0.2, 0) is 4.79 Å². The largest absolute Gasteiger partial charge is 0.480 e. The summed E-state index contributed by atoms with van der Waals surface area (Å²) in [6, 6.07) is 2.09. The molecule has 0 atom stereocenters. The third-order valence-corrected chi connectivity index (χ3v) is 2.16. The number of amides is 2. The van der Waals surface area contributed by atoms with Gasteiger partial charge in [-0.2, -0.15) is 0 Å². The first-order valence-electron chi connectivity index (χ1n) is 5.00. The summed E-state index contributed by atoms with van der Waals surface area (Å²) >= 11 is 0. The molecular formula is C11H12F2N2O3. The van der Waals surface area contributed by atoms with Gasteiger partial charge >= 0.3 is 12.0 Å². The zero-order valence-corrected chi connectivity index (χ0v) is 9.75. The number of carbonyl (C=O) groups excluding carboxylic acids is 1. The van der Waals surface area contributed by atoms with E-state index in [0.29, 0.717) is 0 Å². The molecule has 0 bridgehead atoms. The zero-order chi connectivity index (χ0) is 13.9. The molecule has 3 N–H and O–H groups in total. The van der Waals surface area contributed by atoms with Gasteiger partial charge in [-0.15, -0.1) is 0 Å². The molecule has 0 heterocycles. The molecule has 0 radical (unpaired) electrons. The minimum atomic E-state index is -1.55. The average Bonchev–Trinajstić information content (AvgIpc) is 2.22. The van der Waals surface area contributed by atoms with Gasteiger partial charge in [-0.05, 0) is 26.0 Å². The third-order valence-electron chi connectivity index (χ3n) is 2.16. The Balaban J connectivity index is 2.80. The Hall–Kier alpha value is -2.18. The first kappa shape index (κ1) is 13.9. The van der Waals surface area contributed by atoms with Crippen molar-refractivity contribution in [1.29, 1.82) is 0 Å². The predicted octanol–water partition coefficient (Wildman–Crippen LogP) is 1.95. The number of nitrogens with one attached hydrogen (secondary N) is 2. The average molecular weight is 258 g/mol. The third kappa shape index (κ3) is 3.16. The van der Waals surface area contributed by atoms with Gasteiger partial charge in [-0.25, -0.2) is 18.4 Å². The summed E-state index contributed by atoms with van der Waals surface area (Å²) < 4.78 is 26.4. The Morgan fingerprint density at radius 1 is 1.22 bits per heavy atom. The lowest BCUT2D eigenvalue weighted by Crippen LogP contribution is -2.51. The molecule has 0 aromatic heterocycles. The number of carboxylic acids is 1. The molecule has 0 fully saturated rings. The summed E-state index contributed by atoms with van der Waals surface area (Å²) in [5, 5.41) is 12.8. The van der Waals surface area contributed by atoms with Crippen molar-refractivity contribution in [3.05, 3.63) is 29.8 Å². The van der Waals surface area contributed by atoms with E-state index in [2.05, 4.69) is 5.32 Å². The lowest BCUT2D eigenvalue weighted by atomic mass is 10.1. The van der Waals surface area contributed by atoms with Gasteiger partial charge in [0.2, 0.25) is 0 Å². The van der Waals surface area contributed by atoms with Crippen LogP contribution in [0.25, 0.3) is 0 Å². The number of hydrogen-bond acceptors (Lipinski definition) is 2. The zero-order valence-electron chi connectivity index (χ0n) is 9.75. The molecule has 98 valence electrons. The molecule has 7 heteroatoms. The second kappa shape index (κ2) is 4.99. The van der Waals surface area contributed by atoms with E-state index in [1.807, 2.05) is 5.32 Å². The van der Waals surface area contributed by atoms with Crippen LogP contribution in [0.15, 0.2) is 18.2 Å². The highest BCUT2D eigenvalue weighted by Crippen LogP contribution is 2.18. The van der Waals surface area contributed by atoms with Crippen LogP contribution in [0, 0.1) is 11.6 Å². The van der Waals surface area contributed by atoms with Gasteiger partial charge < -0.3 is 15.7 Å². The Kier molecular flexibility index (Phi) is 3.85. The van der Waals surface area contributed by atoms with Crippen LogP contribution in [0.3, 0.4) is 0 Å². The lowest BCUT2D eigenvalue weighted by molar-refractivity contribution is -0.142. The molecule has 0 spiro atoms. The number of hydrogen-bond donors (Lipinski definition) is 3. The van der Waals surface area contributed by atoms with E-state index in [1.54, 1.807) is 0 Å². The van der Waals surface area contributed by atoms with Crippen LogP contribution < -0.4 is 10.6 Å². The number of carboxylic acid groups (broad SMARTS) is 1. The predicted molar refractivity (Wildman–Crippen MR) is 60.2 cm³/mol. The van der Waals surface area contributed by atoms with Crippen molar-refractivity contribution in [2.45, 2.75) is 19.4 Å². The molecule has 1 aromatic carbocycles. The van der Waals surface area contributed by atoms with Crippen LogP contribution in [0.5, 0.6) is 0 Å². The number of benzene rings is 1. The lowest BCUT2D eigenvalue weighted by Gasteiger charge is -2.21. The van der Waals surface area contributed by atoms with E-state index < -0.39 is 34.9 Å². The fourth-order valence-corrected chi connectivity index (χ4v) is 1.10. The normalized spacial score (nSPS) is 10.9. The van der Waals surface area contributed by atoms with Crippen molar-refractivity contribution in [1.82, 2.24) is 5.32 Å². The molecule has 0 aliphatic heterocycles. The van der Waals surface area contributed by atoms with E-state index in [1.165, 1.54) is 13.8 Å². The Labute approximate surface area is 102 Å². The number of para-hydroxylation sites is 1. The maximum absolute atomic E-state index is 13.2. The quantitative estimate of drug-likeness (QED) is 0.775. The minimum Gasteiger partial charge on any atom is -0.480 e. The van der Waals surface area contributed by atoms with E-state index >= 15 is 0 Å². The number of urea groups is 1. The maximum atomic E-state index is 13.2. The van der Waals surface area contributed by atoms with Crippen LogP contribution >= 0.6 is 0 Å². The molecule has 0 aliphatic carbocycles. The maximum Gasteiger partial charge on any atom is 0.328 e. The van der Waals surface area contributed by atoms with Crippen LogP contribution in [-0.4, -0.2) is 22.6 Å². The van der Waals surface area contributed by atoms with E-state index in [4.69, 9.17) is 5.11 Å². The molecule has 1 rings (SSSR count). The minimum absolute atomic E-state index is 0.629. The Morgan fingerprint density at radius 3 is 2.17 bits per heavy atom. The molecule has 5 nitrogen and oxygen atoms in total. The van der Waals surface area contributed by atoms with Gasteiger partial charge in [0.25, 0.3) is 0 Å². The second-order valence-corrected chi connectivity index (χ2v) is 4.11. The van der Waals surface area contributed by atoms with Crippen LogP contribution in [0.1, 0.15) is 13.8 Å². The fraction of sp³-hybridized carbons (Fsp3) is 0.273. The first-order valence-corrected chi connectivity index (χ1v) is 5.00. The number of halogens is 2. The Bertz CT molecular complexity index is 469. The number of carbonyl (C=O) groups is 2. The van der Waals surface area contributed by atoms with Crippen molar-refractivity contribution < 1.29 is 23.5 Å². The summed E-state index contributed by atoms with van der Waals surface area (Å²) in [7, 11) is 0. The van der Waals surface area contributed by atoms with E-state index in [-0.39, 0.29) is 0 Å². The van der Waals surface area contributed by atoms with Gasteiger partial charge in [0.05, 0.1) is 0 Å². The van der Waals surface area contributed by atoms with Crippen molar-refractivity contribution in [3.63, 3.8) is 0 Å². The van der Waals surface area contributed by atoms with Gasteiger partial charge in [0.1, 0.15) is 22.9 Å². The fourth-order valence-electron chi connectivity index (χ4n) is 1.10. The summed E-state index contributed by atoms with van der Waals surface area (Å²) in [6.07, 6.45) is 0. The highest BCUT2D eigenvalue weighted by Gasteiger charge is 2.29. The second-order valence-electron chi connectivity index (χ2n) is 4.11. The Morgan fingerprint density at radius 2 is 1.72 bits per heavy atom. The highest BCUT2D eigenvalue weighted by molar-refractivity contribution is 5.93. The molecule has 0 saturated heterocycles. The van der Waals surface area contributed by atoms with Crippen molar-refractivity contribution in [3.8, 4) is 0 Å². The molecular weight excluding hydrogens is 246 g/mol. The summed E-state index contributed by atoms with van der Waals surface area (Å²) in [4.78, 5) is 22.2. The smallest absolute Gasteiger partial charge is 0.328 e. The summed E-state index contributed by atoms with van der Waals surface area (Å²) in [5.74, 6) is -3.16. The number of aliphatic carboxylic acids is 1. The molecule has 0 saturated carbocycles. The van der Waals surface area contributed by atoms with Crippen LogP contribution in [0.2, 0.25) is 0 Å². The molecule has 1 aromatic rings. The van der Waals surface area contributed by atoms with Crippen molar-refractivity contribution >= 4 is 17.7 Å². The number of anilines is 1. The molecule has 18 heavy (non-hydrogen) atoms. The van der Waals surface area contributed by atoms with Gasteiger partial charge in [0.15, 0.2) is 0 Å². The van der Waals surface area contributed by atoms with Gasteiger partial charge in [0, 0.05) is 0 Å². The molecule has 0 unspecified atom stereocenters. The standard InChI is InChI=1S/C11H12F2N2O3/c1-11(2,9(16)17)15-10(18)14-8-6(12)4-3-5-7(8)13/h3-5H,1-2H3,(H,16,17)(H2,14,15,18). The van der Waals surface area contributed by atoms with E-state index in [9.17, 15) is 18.4 Å². The van der Waals surface area contributed by atoms with E-state index in [0.717, 1.165) is 18.2 Å². The monoisotopic (exact) mass is 258 g/mol. The van der Waals surface area contributed by atoms with Crippen molar-refractivity contribution in [2.75, 3.05) is 5.32 Å². The summed E-state index contributed by atoms with van der Waals surface area (Å²) in [6.45, 7) is 2.49. The van der Waals surface area contributed by atoms with Gasteiger partial charge in [-0.1, -0.05) is 6.07 Å². The SMILES string of the molecule is CC(C)(NC(=O)Nc1c(F)cccc1F)C(=O)O. The van der Waals surface area contributed by atoms with Crippen LogP contribution in [0.4, 0.5) is 19.3 Å². The van der Waals surface area contributed by atoms with Gasteiger partial charge in [-0.3, -0.25) is 0 Å². The first-order chi connectivity index (χ1) is 8.24. The molecule has 2 amide bonds. The molecule has 0 aliphatic rings. The summed E-state index contributed by atoms with van der Waals surface area (Å²) in [5.41, 5.74) is -2.18.